The van der Waals surface area contributed by atoms with Crippen molar-refractivity contribution in [2.24, 2.45) is 0 Å². The number of amides is 4. The first-order chi connectivity index (χ1) is 18.8. The number of nitro groups is 1. The summed E-state index contributed by atoms with van der Waals surface area (Å²) in [5.74, 6) is -3.13. The van der Waals surface area contributed by atoms with Gasteiger partial charge in [0.1, 0.15) is 11.3 Å². The number of ether oxygens (including phenoxy) is 2. The molecule has 1 fully saturated rings. The first kappa shape index (κ1) is 27.9. The number of imide groups is 2. The molecule has 2 N–H and O–H groups in total. The van der Waals surface area contributed by atoms with E-state index in [4.69, 9.17) is 21.1 Å². The standard InChI is InChI=1S/C25H15ClF3N3O8/c1-39-20-10-12(8-16-22(34)30-24(36)31(23(16)35)14-3-5-15(33)6-4-14)9-17(26)21(20)40-19-7-2-13(25(27,28)29)11-18(19)32(37)38/h2-11,33H,1H3,(H,30,34,36)/b16-8+. The van der Waals surface area contributed by atoms with Crippen molar-refractivity contribution in [3.05, 3.63) is 86.4 Å². The molecule has 1 aliphatic rings. The topological polar surface area (TPSA) is 148 Å². The number of aromatic hydroxyl groups is 1. The number of phenolic OH excluding ortho intramolecular Hbond substituents is 1. The Morgan fingerprint density at radius 2 is 1.73 bits per heavy atom. The molecule has 206 valence electrons. The van der Waals surface area contributed by atoms with E-state index in [0.29, 0.717) is 17.0 Å². The van der Waals surface area contributed by atoms with Crippen molar-refractivity contribution in [1.82, 2.24) is 5.32 Å². The van der Waals surface area contributed by atoms with Crippen LogP contribution in [0.5, 0.6) is 23.0 Å². The number of benzene rings is 3. The molecule has 3 aromatic rings. The highest BCUT2D eigenvalue weighted by Crippen LogP contribution is 2.44. The molecule has 1 saturated heterocycles. The summed E-state index contributed by atoms with van der Waals surface area (Å²) in [6.45, 7) is 0. The fourth-order valence-corrected chi connectivity index (χ4v) is 3.87. The second-order valence-electron chi connectivity index (χ2n) is 8.05. The monoisotopic (exact) mass is 577 g/mol. The van der Waals surface area contributed by atoms with Crippen molar-refractivity contribution < 1.29 is 47.1 Å². The minimum atomic E-state index is -4.83. The number of nitrogens with zero attached hydrogens (tertiary/aromatic N) is 2. The van der Waals surface area contributed by atoms with Gasteiger partial charge in [0.2, 0.25) is 5.75 Å². The number of carbonyl (C=O) groups is 3. The van der Waals surface area contributed by atoms with Crippen LogP contribution in [-0.4, -0.2) is 35.0 Å². The maximum Gasteiger partial charge on any atom is 0.416 e. The zero-order valence-electron chi connectivity index (χ0n) is 20.0. The van der Waals surface area contributed by atoms with Gasteiger partial charge >= 0.3 is 17.9 Å². The van der Waals surface area contributed by atoms with E-state index >= 15 is 0 Å². The summed E-state index contributed by atoms with van der Waals surface area (Å²) in [7, 11) is 1.18. The molecule has 1 aliphatic heterocycles. The Hall–Kier alpha value is -5.11. The van der Waals surface area contributed by atoms with Gasteiger partial charge in [-0.05, 0) is 60.2 Å². The van der Waals surface area contributed by atoms with E-state index in [-0.39, 0.29) is 33.5 Å². The molecule has 0 spiro atoms. The average Bonchev–Trinajstić information content (AvgIpc) is 2.88. The number of barbiturate groups is 1. The van der Waals surface area contributed by atoms with Crippen molar-refractivity contribution in [2.75, 3.05) is 12.0 Å². The number of halogens is 4. The second kappa shape index (κ2) is 10.6. The first-order valence-electron chi connectivity index (χ1n) is 10.9. The Labute approximate surface area is 227 Å². The molecule has 0 unspecified atom stereocenters. The van der Waals surface area contributed by atoms with Crippen LogP contribution in [0.2, 0.25) is 5.02 Å². The quantitative estimate of drug-likeness (QED) is 0.170. The third-order valence-electron chi connectivity index (χ3n) is 5.47. The zero-order chi connectivity index (χ0) is 29.4. The number of anilines is 1. The van der Waals surface area contributed by atoms with Gasteiger partial charge in [-0.3, -0.25) is 25.0 Å². The van der Waals surface area contributed by atoms with E-state index in [9.17, 15) is 42.8 Å². The summed E-state index contributed by atoms with van der Waals surface area (Å²) < 4.78 is 49.8. The third kappa shape index (κ3) is 5.51. The fourth-order valence-electron chi connectivity index (χ4n) is 3.62. The molecule has 15 heteroatoms. The maximum absolute atomic E-state index is 13.1. The lowest BCUT2D eigenvalue weighted by Crippen LogP contribution is -2.54. The van der Waals surface area contributed by atoms with Gasteiger partial charge in [-0.1, -0.05) is 11.6 Å². The molecular formula is C25H15ClF3N3O8. The van der Waals surface area contributed by atoms with E-state index in [1.165, 1.54) is 43.5 Å². The fraction of sp³-hybridized carbons (Fsp3) is 0.0800. The first-order valence-corrected chi connectivity index (χ1v) is 11.3. The second-order valence-corrected chi connectivity index (χ2v) is 8.45. The maximum atomic E-state index is 13.1. The third-order valence-corrected chi connectivity index (χ3v) is 5.75. The van der Waals surface area contributed by atoms with Crippen LogP contribution in [-0.2, 0) is 15.8 Å². The normalized spacial score (nSPS) is 14.8. The molecule has 0 bridgehead atoms. The molecular weight excluding hydrogens is 563 g/mol. The number of phenols is 1. The highest BCUT2D eigenvalue weighted by molar-refractivity contribution is 6.39. The SMILES string of the molecule is COc1cc(/C=C2\C(=O)NC(=O)N(c3ccc(O)cc3)C2=O)cc(Cl)c1Oc1ccc(C(F)(F)F)cc1[N+](=O)[O-]. The Balaban J connectivity index is 1.71. The molecule has 0 aliphatic carbocycles. The predicted octanol–water partition coefficient (Wildman–Crippen LogP) is 5.44. The predicted molar refractivity (Wildman–Crippen MR) is 133 cm³/mol. The lowest BCUT2D eigenvalue weighted by atomic mass is 10.1. The minimum absolute atomic E-state index is 0.0659. The zero-order valence-corrected chi connectivity index (χ0v) is 20.7. The molecule has 1 heterocycles. The number of nitro benzene ring substituents is 1. The van der Waals surface area contributed by atoms with Crippen molar-refractivity contribution in [3.63, 3.8) is 0 Å². The van der Waals surface area contributed by atoms with E-state index in [0.717, 1.165) is 12.1 Å². The molecule has 0 atom stereocenters. The van der Waals surface area contributed by atoms with Gasteiger partial charge in [0.05, 0.1) is 28.3 Å². The van der Waals surface area contributed by atoms with E-state index in [1.54, 1.807) is 0 Å². The summed E-state index contributed by atoms with van der Waals surface area (Å²) >= 11 is 6.29. The van der Waals surface area contributed by atoms with Crippen LogP contribution in [0.25, 0.3) is 6.08 Å². The van der Waals surface area contributed by atoms with Crippen molar-refractivity contribution in [3.8, 4) is 23.0 Å². The van der Waals surface area contributed by atoms with Crippen LogP contribution in [0.15, 0.2) is 60.2 Å². The van der Waals surface area contributed by atoms with Gasteiger partial charge in [0.25, 0.3) is 11.8 Å². The Morgan fingerprint density at radius 3 is 2.33 bits per heavy atom. The Morgan fingerprint density at radius 1 is 1.05 bits per heavy atom. The average molecular weight is 578 g/mol. The number of carbonyl (C=O) groups excluding carboxylic acids is 3. The molecule has 40 heavy (non-hydrogen) atoms. The highest BCUT2D eigenvalue weighted by atomic mass is 35.5. The number of hydrogen-bond acceptors (Lipinski definition) is 8. The van der Waals surface area contributed by atoms with Crippen LogP contribution in [0.4, 0.5) is 29.3 Å². The van der Waals surface area contributed by atoms with E-state index < -0.39 is 51.5 Å². The summed E-state index contributed by atoms with van der Waals surface area (Å²) in [4.78, 5) is 48.9. The summed E-state index contributed by atoms with van der Waals surface area (Å²) in [6.07, 6.45) is -3.74. The van der Waals surface area contributed by atoms with Gasteiger partial charge in [-0.15, -0.1) is 0 Å². The molecule has 0 saturated carbocycles. The molecule has 4 amide bonds. The number of rotatable bonds is 6. The molecule has 0 radical (unpaired) electrons. The molecule has 3 aromatic carbocycles. The Kier molecular flexibility index (Phi) is 7.38. The van der Waals surface area contributed by atoms with Crippen molar-refractivity contribution in [2.45, 2.75) is 6.18 Å². The molecule has 11 nitrogen and oxygen atoms in total. The smallest absolute Gasteiger partial charge is 0.416 e. The number of nitrogens with one attached hydrogen (secondary N) is 1. The molecule has 4 rings (SSSR count). The summed E-state index contributed by atoms with van der Waals surface area (Å²) in [5.41, 5.74) is -2.55. The van der Waals surface area contributed by atoms with Gasteiger partial charge in [-0.25, -0.2) is 9.69 Å². The van der Waals surface area contributed by atoms with Crippen LogP contribution in [0.1, 0.15) is 11.1 Å². The Bertz CT molecular complexity index is 1590. The van der Waals surface area contributed by atoms with Gasteiger partial charge in [0, 0.05) is 6.07 Å². The largest absolute Gasteiger partial charge is 0.508 e. The number of urea groups is 1. The highest BCUT2D eigenvalue weighted by Gasteiger charge is 2.37. The lowest BCUT2D eigenvalue weighted by molar-refractivity contribution is -0.385. The minimum Gasteiger partial charge on any atom is -0.508 e. The molecule has 0 aromatic heterocycles. The van der Waals surface area contributed by atoms with Crippen LogP contribution in [0.3, 0.4) is 0 Å². The van der Waals surface area contributed by atoms with E-state index in [2.05, 4.69) is 0 Å². The van der Waals surface area contributed by atoms with Crippen LogP contribution < -0.4 is 19.7 Å². The van der Waals surface area contributed by atoms with Gasteiger partial charge in [-0.2, -0.15) is 13.2 Å². The number of alkyl halides is 3. The van der Waals surface area contributed by atoms with Crippen molar-refractivity contribution >= 4 is 46.9 Å². The van der Waals surface area contributed by atoms with Crippen LogP contribution >= 0.6 is 11.6 Å². The van der Waals surface area contributed by atoms with Gasteiger partial charge < -0.3 is 14.6 Å². The van der Waals surface area contributed by atoms with Crippen molar-refractivity contribution in [1.29, 1.82) is 0 Å². The summed E-state index contributed by atoms with van der Waals surface area (Å²) in [6, 6.07) is 8.12. The van der Waals surface area contributed by atoms with Gasteiger partial charge in [0.15, 0.2) is 11.5 Å². The van der Waals surface area contributed by atoms with Crippen LogP contribution in [0, 0.1) is 10.1 Å². The number of methoxy groups -OCH3 is 1. The summed E-state index contributed by atoms with van der Waals surface area (Å²) in [5, 5.41) is 22.7. The van der Waals surface area contributed by atoms with E-state index in [1.807, 2.05) is 5.32 Å². The lowest BCUT2D eigenvalue weighted by Gasteiger charge is -2.26. The number of hydrogen-bond donors (Lipinski definition) is 2.